The van der Waals surface area contributed by atoms with Gasteiger partial charge < -0.3 is 9.53 Å². The fraction of sp³-hybridized carbons (Fsp3) is 0.917. The van der Waals surface area contributed by atoms with Crippen LogP contribution in [0.25, 0.3) is 0 Å². The summed E-state index contributed by atoms with van der Waals surface area (Å²) in [6.45, 7) is 4.88. The molecule has 0 aromatic carbocycles. The third kappa shape index (κ3) is 3.16. The number of morpholine rings is 1. The lowest BCUT2D eigenvalue weighted by atomic mass is 10.1. The Morgan fingerprint density at radius 1 is 1.16 bits per heavy atom. The summed E-state index contributed by atoms with van der Waals surface area (Å²) in [5.74, 6) is 0. The van der Waals surface area contributed by atoms with Gasteiger partial charge in [-0.1, -0.05) is 6.42 Å². The molecule has 0 aromatic heterocycles. The lowest BCUT2D eigenvalue weighted by molar-refractivity contribution is -0.111. The van der Waals surface area contributed by atoms with Crippen LogP contribution in [0.3, 0.4) is 0 Å². The smallest absolute Gasteiger partial charge is 0.282 e. The summed E-state index contributed by atoms with van der Waals surface area (Å²) >= 11 is 0. The van der Waals surface area contributed by atoms with Crippen LogP contribution < -0.4 is 0 Å². The quantitative estimate of drug-likeness (QED) is 0.705. The predicted molar refractivity (Wildman–Crippen MR) is 70.9 cm³/mol. The second-order valence-corrected chi connectivity index (χ2v) is 7.27. The third-order valence-corrected chi connectivity index (χ3v) is 5.66. The molecule has 2 aliphatic rings. The number of nitrogens with zero attached hydrogens (tertiary/aromatic N) is 2. The molecule has 2 rings (SSSR count). The number of ether oxygens (including phenoxy) is 1. The van der Waals surface area contributed by atoms with E-state index in [1.54, 1.807) is 0 Å². The standard InChI is InChI=1S/C12H22N2O4S/c1-10-7-13(8-11(2)18-10)19(16,17)14-6-4-3-5-12(14)9-15/h9-12H,3-8H2,1-2H3. The molecule has 2 saturated heterocycles. The number of hydrogen-bond donors (Lipinski definition) is 0. The van der Waals surface area contributed by atoms with E-state index in [2.05, 4.69) is 0 Å². The van der Waals surface area contributed by atoms with Gasteiger partial charge in [0.15, 0.2) is 0 Å². The molecule has 2 aliphatic heterocycles. The first-order valence-electron chi connectivity index (χ1n) is 6.83. The second kappa shape index (κ2) is 5.87. The summed E-state index contributed by atoms with van der Waals surface area (Å²) < 4.78 is 33.6. The van der Waals surface area contributed by atoms with Crippen LogP contribution in [0, 0.1) is 0 Å². The van der Waals surface area contributed by atoms with Crippen molar-refractivity contribution in [2.24, 2.45) is 0 Å². The van der Waals surface area contributed by atoms with Gasteiger partial charge in [0.05, 0.1) is 18.2 Å². The zero-order chi connectivity index (χ0) is 14.0. The summed E-state index contributed by atoms with van der Waals surface area (Å²) in [7, 11) is -3.56. The van der Waals surface area contributed by atoms with Crippen LogP contribution in [0.1, 0.15) is 33.1 Å². The summed E-state index contributed by atoms with van der Waals surface area (Å²) in [6.07, 6.45) is 2.88. The van der Waals surface area contributed by atoms with Gasteiger partial charge in [-0.15, -0.1) is 0 Å². The van der Waals surface area contributed by atoms with Crippen LogP contribution in [-0.4, -0.2) is 61.2 Å². The van der Waals surface area contributed by atoms with Crippen LogP contribution in [0.15, 0.2) is 0 Å². The van der Waals surface area contributed by atoms with Crippen LogP contribution >= 0.6 is 0 Å². The van der Waals surface area contributed by atoms with E-state index < -0.39 is 16.3 Å². The number of hydrogen-bond acceptors (Lipinski definition) is 4. The first-order valence-corrected chi connectivity index (χ1v) is 8.22. The topological polar surface area (TPSA) is 66.9 Å². The minimum absolute atomic E-state index is 0.113. The van der Waals surface area contributed by atoms with E-state index in [0.717, 1.165) is 19.1 Å². The Hall–Kier alpha value is -0.500. The predicted octanol–water partition coefficient (Wildman–Crippen LogP) is 0.394. The zero-order valence-corrected chi connectivity index (χ0v) is 12.3. The highest BCUT2D eigenvalue weighted by atomic mass is 32.2. The average Bonchev–Trinajstić information content (AvgIpc) is 2.37. The van der Waals surface area contributed by atoms with Crippen molar-refractivity contribution >= 4 is 16.5 Å². The van der Waals surface area contributed by atoms with Gasteiger partial charge in [-0.05, 0) is 26.7 Å². The van der Waals surface area contributed by atoms with Crippen molar-refractivity contribution in [2.45, 2.75) is 51.4 Å². The molecule has 3 unspecified atom stereocenters. The Morgan fingerprint density at radius 3 is 2.37 bits per heavy atom. The maximum atomic E-state index is 12.6. The molecule has 0 bridgehead atoms. The van der Waals surface area contributed by atoms with E-state index in [9.17, 15) is 13.2 Å². The van der Waals surface area contributed by atoms with Crippen molar-refractivity contribution < 1.29 is 17.9 Å². The SMILES string of the molecule is CC1CN(S(=O)(=O)N2CCCCC2C=O)CC(C)O1. The molecule has 6 nitrogen and oxygen atoms in total. The lowest BCUT2D eigenvalue weighted by Crippen LogP contribution is -2.56. The molecule has 2 fully saturated rings. The van der Waals surface area contributed by atoms with Crippen LogP contribution in [-0.2, 0) is 19.7 Å². The van der Waals surface area contributed by atoms with Gasteiger partial charge in [0.2, 0.25) is 0 Å². The molecule has 0 radical (unpaired) electrons. The first-order chi connectivity index (χ1) is 8.95. The highest BCUT2D eigenvalue weighted by molar-refractivity contribution is 7.86. The van der Waals surface area contributed by atoms with Crippen LogP contribution in [0.5, 0.6) is 0 Å². The number of aldehydes is 1. The van der Waals surface area contributed by atoms with E-state index in [4.69, 9.17) is 4.74 Å². The Morgan fingerprint density at radius 2 is 1.79 bits per heavy atom. The number of carbonyl (C=O) groups is 1. The van der Waals surface area contributed by atoms with Gasteiger partial charge >= 0.3 is 0 Å². The molecule has 2 heterocycles. The van der Waals surface area contributed by atoms with E-state index in [-0.39, 0.29) is 12.2 Å². The molecule has 7 heteroatoms. The fourth-order valence-corrected chi connectivity index (χ4v) is 4.77. The monoisotopic (exact) mass is 290 g/mol. The normalized spacial score (nSPS) is 35.2. The second-order valence-electron chi connectivity index (χ2n) is 5.39. The highest BCUT2D eigenvalue weighted by Crippen LogP contribution is 2.24. The van der Waals surface area contributed by atoms with Gasteiger partial charge in [-0.25, -0.2) is 0 Å². The molecular weight excluding hydrogens is 268 g/mol. The summed E-state index contributed by atoms with van der Waals surface area (Å²) in [5, 5.41) is 0. The minimum atomic E-state index is -3.56. The Labute approximate surface area is 114 Å². The average molecular weight is 290 g/mol. The largest absolute Gasteiger partial charge is 0.373 e. The van der Waals surface area contributed by atoms with Gasteiger partial charge in [0.25, 0.3) is 10.2 Å². The molecular formula is C12H22N2O4S. The third-order valence-electron chi connectivity index (χ3n) is 3.66. The van der Waals surface area contributed by atoms with Crippen molar-refractivity contribution in [1.29, 1.82) is 0 Å². The molecule has 0 spiro atoms. The number of rotatable bonds is 3. The number of piperidine rings is 1. The Balaban J connectivity index is 2.18. The first kappa shape index (κ1) is 14.9. The summed E-state index contributed by atoms with van der Waals surface area (Å²) in [4.78, 5) is 11.1. The van der Waals surface area contributed by atoms with Crippen LogP contribution in [0.4, 0.5) is 0 Å². The van der Waals surface area contributed by atoms with Crippen LogP contribution in [0.2, 0.25) is 0 Å². The molecule has 0 N–H and O–H groups in total. The molecule has 0 aromatic rings. The van der Waals surface area contributed by atoms with Gasteiger partial charge in [-0.3, -0.25) is 0 Å². The van der Waals surface area contributed by atoms with E-state index in [0.29, 0.717) is 26.1 Å². The molecule has 110 valence electrons. The molecule has 0 amide bonds. The lowest BCUT2D eigenvalue weighted by Gasteiger charge is -2.40. The van der Waals surface area contributed by atoms with Crippen molar-refractivity contribution in [3.63, 3.8) is 0 Å². The van der Waals surface area contributed by atoms with Crippen molar-refractivity contribution in [1.82, 2.24) is 8.61 Å². The Bertz CT molecular complexity index is 415. The summed E-state index contributed by atoms with van der Waals surface area (Å²) in [5.41, 5.74) is 0. The maximum absolute atomic E-state index is 12.6. The highest BCUT2D eigenvalue weighted by Gasteiger charge is 2.39. The van der Waals surface area contributed by atoms with E-state index >= 15 is 0 Å². The maximum Gasteiger partial charge on any atom is 0.282 e. The fourth-order valence-electron chi connectivity index (χ4n) is 2.82. The zero-order valence-electron chi connectivity index (χ0n) is 11.5. The van der Waals surface area contributed by atoms with Gasteiger partial charge in [0.1, 0.15) is 6.29 Å². The van der Waals surface area contributed by atoms with Crippen molar-refractivity contribution in [3.05, 3.63) is 0 Å². The van der Waals surface area contributed by atoms with Gasteiger partial charge in [0, 0.05) is 19.6 Å². The molecule has 3 atom stereocenters. The molecule has 0 saturated carbocycles. The minimum Gasteiger partial charge on any atom is -0.373 e. The van der Waals surface area contributed by atoms with Crippen molar-refractivity contribution in [3.8, 4) is 0 Å². The number of carbonyl (C=O) groups excluding carboxylic acids is 1. The van der Waals surface area contributed by atoms with E-state index in [1.165, 1.54) is 8.61 Å². The van der Waals surface area contributed by atoms with E-state index in [1.807, 2.05) is 13.8 Å². The molecule has 19 heavy (non-hydrogen) atoms. The van der Waals surface area contributed by atoms with Crippen molar-refractivity contribution in [2.75, 3.05) is 19.6 Å². The summed E-state index contributed by atoms with van der Waals surface area (Å²) in [6, 6.07) is -0.507. The molecule has 0 aliphatic carbocycles. The Kier molecular flexibility index (Phi) is 4.60. The van der Waals surface area contributed by atoms with Gasteiger partial charge in [-0.2, -0.15) is 17.0 Å².